The summed E-state index contributed by atoms with van der Waals surface area (Å²) in [7, 11) is 2.30. The smallest absolute Gasteiger partial charge is 0.122 e. The molecule has 2 saturated heterocycles. The molecule has 0 aliphatic carbocycles. The highest BCUT2D eigenvalue weighted by molar-refractivity contribution is 5.17. The maximum atomic E-state index is 5.72. The van der Waals surface area contributed by atoms with Gasteiger partial charge in [-0.1, -0.05) is 6.92 Å². The predicted molar refractivity (Wildman–Crippen MR) is 80.6 cm³/mol. The van der Waals surface area contributed by atoms with Crippen LogP contribution < -0.4 is 5.32 Å². The molecule has 0 amide bonds. The Balaban J connectivity index is 1.62. The summed E-state index contributed by atoms with van der Waals surface area (Å²) in [4.78, 5) is 5.18. The Bertz CT molecular complexity index is 431. The highest BCUT2D eigenvalue weighted by Crippen LogP contribution is 2.29. The lowest BCUT2D eigenvalue weighted by atomic mass is 10.1. The van der Waals surface area contributed by atoms with Gasteiger partial charge < -0.3 is 9.73 Å². The molecule has 1 N–H and O–H groups in total. The van der Waals surface area contributed by atoms with Gasteiger partial charge in [-0.3, -0.25) is 9.80 Å². The minimum Gasteiger partial charge on any atom is -0.468 e. The van der Waals surface area contributed by atoms with E-state index < -0.39 is 0 Å². The monoisotopic (exact) mass is 277 g/mol. The van der Waals surface area contributed by atoms with Crippen LogP contribution in [0.1, 0.15) is 37.5 Å². The lowest BCUT2D eigenvalue weighted by Crippen LogP contribution is -2.36. The van der Waals surface area contributed by atoms with E-state index in [2.05, 4.69) is 35.2 Å². The molecular weight excluding hydrogens is 250 g/mol. The maximum absolute atomic E-state index is 5.72. The van der Waals surface area contributed by atoms with Crippen LogP contribution in [0.15, 0.2) is 16.7 Å². The lowest BCUT2D eigenvalue weighted by Gasteiger charge is -2.25. The number of hydrogen-bond donors (Lipinski definition) is 1. The first-order chi connectivity index (χ1) is 9.78. The topological polar surface area (TPSA) is 31.7 Å². The van der Waals surface area contributed by atoms with Gasteiger partial charge in [0.05, 0.1) is 12.8 Å². The zero-order chi connectivity index (χ0) is 13.9. The van der Waals surface area contributed by atoms with E-state index >= 15 is 0 Å². The second-order valence-corrected chi connectivity index (χ2v) is 6.22. The van der Waals surface area contributed by atoms with Gasteiger partial charge in [-0.25, -0.2) is 0 Å². The Morgan fingerprint density at radius 3 is 3.00 bits per heavy atom. The van der Waals surface area contributed by atoms with E-state index in [1.54, 1.807) is 0 Å². The van der Waals surface area contributed by atoms with Crippen LogP contribution >= 0.6 is 0 Å². The standard InChI is InChI=1S/C16H27N3O/c1-3-17-10-13-7-9-20-16(13)12-19-8-6-14-4-5-15(11-19)18(14)2/h7,9,14-15,17H,3-6,8,10-12H2,1-2H3. The van der Waals surface area contributed by atoms with Gasteiger partial charge in [0, 0.05) is 37.3 Å². The second-order valence-electron chi connectivity index (χ2n) is 6.22. The highest BCUT2D eigenvalue weighted by Gasteiger charge is 2.34. The molecule has 0 aromatic carbocycles. The Hall–Kier alpha value is -0.840. The summed E-state index contributed by atoms with van der Waals surface area (Å²) in [6.45, 7) is 7.41. The maximum Gasteiger partial charge on any atom is 0.122 e. The Morgan fingerprint density at radius 2 is 2.15 bits per heavy atom. The van der Waals surface area contributed by atoms with Crippen molar-refractivity contribution in [2.24, 2.45) is 0 Å². The van der Waals surface area contributed by atoms with Crippen LogP contribution in [0.5, 0.6) is 0 Å². The highest BCUT2D eigenvalue weighted by atomic mass is 16.3. The van der Waals surface area contributed by atoms with Crippen molar-refractivity contribution in [2.45, 2.75) is 51.4 Å². The van der Waals surface area contributed by atoms with Crippen LogP contribution in [-0.2, 0) is 13.1 Å². The summed E-state index contributed by atoms with van der Waals surface area (Å²) < 4.78 is 5.72. The molecule has 0 radical (unpaired) electrons. The summed E-state index contributed by atoms with van der Waals surface area (Å²) in [5.74, 6) is 1.14. The van der Waals surface area contributed by atoms with Crippen LogP contribution in [0.25, 0.3) is 0 Å². The quantitative estimate of drug-likeness (QED) is 0.893. The Kier molecular flexibility index (Phi) is 4.44. The number of fused-ring (bicyclic) bond motifs is 2. The first kappa shape index (κ1) is 14.1. The van der Waals surface area contributed by atoms with Gasteiger partial charge in [-0.05, 0) is 38.9 Å². The van der Waals surface area contributed by atoms with Crippen molar-refractivity contribution in [3.05, 3.63) is 23.7 Å². The SMILES string of the molecule is CCNCc1ccoc1CN1CCC2CCC(C1)N2C. The molecule has 0 saturated carbocycles. The van der Waals surface area contributed by atoms with Gasteiger partial charge in [0.25, 0.3) is 0 Å². The number of nitrogens with zero attached hydrogens (tertiary/aromatic N) is 2. The van der Waals surface area contributed by atoms with Crippen LogP contribution in [0.3, 0.4) is 0 Å². The summed E-state index contributed by atoms with van der Waals surface area (Å²) in [6.07, 6.45) is 5.88. The summed E-state index contributed by atoms with van der Waals surface area (Å²) in [5, 5.41) is 3.39. The number of likely N-dealkylation sites (tertiary alicyclic amines) is 1. The molecule has 2 atom stereocenters. The van der Waals surface area contributed by atoms with Crippen molar-refractivity contribution in [3.63, 3.8) is 0 Å². The van der Waals surface area contributed by atoms with Gasteiger partial charge in [0.2, 0.25) is 0 Å². The van der Waals surface area contributed by atoms with Crippen molar-refractivity contribution in [2.75, 3.05) is 26.7 Å². The number of hydrogen-bond acceptors (Lipinski definition) is 4. The molecule has 2 aliphatic rings. The zero-order valence-corrected chi connectivity index (χ0v) is 12.8. The van der Waals surface area contributed by atoms with Gasteiger partial charge in [0.1, 0.15) is 5.76 Å². The predicted octanol–water partition coefficient (Wildman–Crippen LogP) is 2.06. The van der Waals surface area contributed by atoms with Crippen molar-refractivity contribution in [1.82, 2.24) is 15.1 Å². The van der Waals surface area contributed by atoms with E-state index in [1.165, 1.54) is 37.9 Å². The largest absolute Gasteiger partial charge is 0.468 e. The molecule has 1 aromatic rings. The fraction of sp³-hybridized carbons (Fsp3) is 0.750. The third-order valence-electron chi connectivity index (χ3n) is 5.00. The molecule has 2 fully saturated rings. The summed E-state index contributed by atoms with van der Waals surface area (Å²) >= 11 is 0. The molecule has 2 bridgehead atoms. The molecule has 4 nitrogen and oxygen atoms in total. The first-order valence-electron chi connectivity index (χ1n) is 7.98. The molecule has 3 rings (SSSR count). The number of likely N-dealkylation sites (N-methyl/N-ethyl adjacent to an activating group) is 1. The fourth-order valence-electron chi connectivity index (χ4n) is 3.65. The van der Waals surface area contributed by atoms with E-state index in [9.17, 15) is 0 Å². The Morgan fingerprint density at radius 1 is 1.30 bits per heavy atom. The van der Waals surface area contributed by atoms with Gasteiger partial charge >= 0.3 is 0 Å². The Labute approximate surface area is 122 Å². The minimum absolute atomic E-state index is 0.745. The second kappa shape index (κ2) is 6.29. The molecule has 112 valence electrons. The van der Waals surface area contributed by atoms with Gasteiger partial charge in [0.15, 0.2) is 0 Å². The van der Waals surface area contributed by atoms with Crippen molar-refractivity contribution in [3.8, 4) is 0 Å². The number of nitrogens with one attached hydrogen (secondary N) is 1. The average molecular weight is 277 g/mol. The first-order valence-corrected chi connectivity index (χ1v) is 7.98. The van der Waals surface area contributed by atoms with E-state index in [4.69, 9.17) is 4.42 Å². The van der Waals surface area contributed by atoms with Crippen molar-refractivity contribution < 1.29 is 4.42 Å². The molecular formula is C16H27N3O. The molecule has 4 heteroatoms. The van der Waals surface area contributed by atoms with E-state index in [-0.39, 0.29) is 0 Å². The molecule has 3 heterocycles. The van der Waals surface area contributed by atoms with E-state index in [0.29, 0.717) is 0 Å². The molecule has 1 aromatic heterocycles. The summed E-state index contributed by atoms with van der Waals surface area (Å²) in [5.41, 5.74) is 1.31. The lowest BCUT2D eigenvalue weighted by molar-refractivity contribution is 0.204. The summed E-state index contributed by atoms with van der Waals surface area (Å²) in [6, 6.07) is 3.66. The third kappa shape index (κ3) is 2.92. The van der Waals surface area contributed by atoms with E-state index in [1.807, 2.05) is 6.26 Å². The van der Waals surface area contributed by atoms with Gasteiger partial charge in [-0.15, -0.1) is 0 Å². The van der Waals surface area contributed by atoms with E-state index in [0.717, 1.165) is 37.5 Å². The van der Waals surface area contributed by atoms with Crippen molar-refractivity contribution >= 4 is 0 Å². The molecule has 2 aliphatic heterocycles. The van der Waals surface area contributed by atoms with Gasteiger partial charge in [-0.2, -0.15) is 0 Å². The molecule has 0 spiro atoms. The van der Waals surface area contributed by atoms with Crippen LogP contribution in [0, 0.1) is 0 Å². The fourth-order valence-corrected chi connectivity index (χ4v) is 3.65. The molecule has 2 unspecified atom stereocenters. The van der Waals surface area contributed by atoms with Crippen LogP contribution in [-0.4, -0.2) is 48.6 Å². The average Bonchev–Trinajstić information content (AvgIpc) is 2.96. The molecule has 20 heavy (non-hydrogen) atoms. The number of furan rings is 1. The normalized spacial score (nSPS) is 27.9. The zero-order valence-electron chi connectivity index (χ0n) is 12.8. The minimum atomic E-state index is 0.745. The number of rotatable bonds is 5. The van der Waals surface area contributed by atoms with Crippen molar-refractivity contribution in [1.29, 1.82) is 0 Å². The van der Waals surface area contributed by atoms with Crippen LogP contribution in [0.2, 0.25) is 0 Å². The van der Waals surface area contributed by atoms with Crippen LogP contribution in [0.4, 0.5) is 0 Å². The third-order valence-corrected chi connectivity index (χ3v) is 5.00.